The van der Waals surface area contributed by atoms with Gasteiger partial charge in [-0.1, -0.05) is 0 Å². The Morgan fingerprint density at radius 3 is 3.07 bits per heavy atom. The van der Waals surface area contributed by atoms with Gasteiger partial charge >= 0.3 is 0 Å². The summed E-state index contributed by atoms with van der Waals surface area (Å²) in [6.07, 6.45) is 6.27. The van der Waals surface area contributed by atoms with Gasteiger partial charge in [0.25, 0.3) is 0 Å². The molecule has 3 N–H and O–H groups in total. The molecule has 0 aromatic carbocycles. The lowest BCUT2D eigenvalue weighted by Gasteiger charge is -2.00. The highest BCUT2D eigenvalue weighted by Crippen LogP contribution is 1.92. The van der Waals surface area contributed by atoms with Crippen LogP contribution in [0.1, 0.15) is 11.4 Å². The van der Waals surface area contributed by atoms with Crippen LogP contribution in [0.5, 0.6) is 0 Å². The summed E-state index contributed by atoms with van der Waals surface area (Å²) < 4.78 is 0. The highest BCUT2D eigenvalue weighted by Gasteiger charge is 1.94. The van der Waals surface area contributed by atoms with E-state index in [1.54, 1.807) is 12.5 Å². The zero-order valence-corrected chi connectivity index (χ0v) is 7.83. The summed E-state index contributed by atoms with van der Waals surface area (Å²) in [6, 6.07) is 1.96. The molecule has 2 aromatic heterocycles. The number of rotatable bonds is 5. The minimum absolute atomic E-state index is 0.828. The van der Waals surface area contributed by atoms with Crippen LogP contribution in [0.25, 0.3) is 0 Å². The summed E-state index contributed by atoms with van der Waals surface area (Å²) in [5.74, 6) is 0. The van der Waals surface area contributed by atoms with E-state index in [1.165, 1.54) is 0 Å². The molecule has 0 bridgehead atoms. The highest BCUT2D eigenvalue weighted by atomic mass is 15.1. The Labute approximate surface area is 82.0 Å². The van der Waals surface area contributed by atoms with Crippen LogP contribution < -0.4 is 5.32 Å². The van der Waals surface area contributed by atoms with E-state index in [9.17, 15) is 0 Å². The van der Waals surface area contributed by atoms with Crippen LogP contribution in [0.4, 0.5) is 0 Å². The van der Waals surface area contributed by atoms with Crippen LogP contribution in [0, 0.1) is 0 Å². The second kappa shape index (κ2) is 4.57. The van der Waals surface area contributed by atoms with Gasteiger partial charge in [-0.3, -0.25) is 5.10 Å². The molecule has 74 valence electrons. The fourth-order valence-electron chi connectivity index (χ4n) is 1.25. The van der Waals surface area contributed by atoms with E-state index in [1.807, 2.05) is 12.3 Å². The predicted molar refractivity (Wildman–Crippen MR) is 52.6 cm³/mol. The Kier molecular flexibility index (Phi) is 2.92. The van der Waals surface area contributed by atoms with Crippen molar-refractivity contribution in [1.82, 2.24) is 25.5 Å². The third-order valence-corrected chi connectivity index (χ3v) is 2.00. The van der Waals surface area contributed by atoms with Gasteiger partial charge in [-0.15, -0.1) is 0 Å². The molecule has 2 heterocycles. The van der Waals surface area contributed by atoms with Gasteiger partial charge in [-0.25, -0.2) is 4.98 Å². The van der Waals surface area contributed by atoms with Crippen molar-refractivity contribution >= 4 is 0 Å². The zero-order valence-electron chi connectivity index (χ0n) is 7.83. The van der Waals surface area contributed by atoms with E-state index in [0.717, 1.165) is 30.9 Å². The number of nitrogens with one attached hydrogen (secondary N) is 3. The Hall–Kier alpha value is -1.62. The Morgan fingerprint density at radius 2 is 2.36 bits per heavy atom. The van der Waals surface area contributed by atoms with E-state index in [2.05, 4.69) is 25.5 Å². The van der Waals surface area contributed by atoms with Crippen LogP contribution in [0.2, 0.25) is 0 Å². The highest BCUT2D eigenvalue weighted by molar-refractivity contribution is 4.97. The van der Waals surface area contributed by atoms with Gasteiger partial charge in [0.1, 0.15) is 0 Å². The fourth-order valence-corrected chi connectivity index (χ4v) is 1.25. The average molecular weight is 191 g/mol. The maximum atomic E-state index is 3.95. The van der Waals surface area contributed by atoms with Crippen molar-refractivity contribution in [3.05, 3.63) is 36.2 Å². The van der Waals surface area contributed by atoms with Crippen molar-refractivity contribution in [3.63, 3.8) is 0 Å². The summed E-state index contributed by atoms with van der Waals surface area (Å²) >= 11 is 0. The summed E-state index contributed by atoms with van der Waals surface area (Å²) in [6.45, 7) is 1.76. The molecule has 0 fully saturated rings. The third kappa shape index (κ3) is 2.43. The summed E-state index contributed by atoms with van der Waals surface area (Å²) in [7, 11) is 0. The van der Waals surface area contributed by atoms with Gasteiger partial charge in [0, 0.05) is 43.3 Å². The standard InChI is InChI=1S/C9H13N5/c1(8-5-11-7-12-8)3-10-6-9-2-4-13-14-9/h2,4-5,7,10H,1,3,6H2,(H,11,12)(H,13,14). The number of aromatic nitrogens is 4. The average Bonchev–Trinajstić information content (AvgIpc) is 2.86. The Bertz CT molecular complexity index is 301. The van der Waals surface area contributed by atoms with Crippen molar-refractivity contribution in [2.45, 2.75) is 13.0 Å². The monoisotopic (exact) mass is 191 g/mol. The molecule has 5 nitrogen and oxygen atoms in total. The van der Waals surface area contributed by atoms with E-state index in [-0.39, 0.29) is 0 Å². The van der Waals surface area contributed by atoms with Gasteiger partial charge in [-0.05, 0) is 6.07 Å². The lowest BCUT2D eigenvalue weighted by molar-refractivity contribution is 0.668. The molecule has 5 heteroatoms. The Morgan fingerprint density at radius 1 is 1.36 bits per heavy atom. The number of H-pyrrole nitrogens is 2. The number of nitrogens with zero attached hydrogens (tertiary/aromatic N) is 2. The molecular formula is C9H13N5. The first-order chi connectivity index (χ1) is 6.95. The molecule has 0 unspecified atom stereocenters. The van der Waals surface area contributed by atoms with Crippen molar-refractivity contribution < 1.29 is 0 Å². The quantitative estimate of drug-likeness (QED) is 0.601. The topological polar surface area (TPSA) is 69.4 Å². The van der Waals surface area contributed by atoms with Gasteiger partial charge < -0.3 is 10.3 Å². The zero-order chi connectivity index (χ0) is 9.64. The molecular weight excluding hydrogens is 178 g/mol. The molecule has 0 amide bonds. The number of imidazole rings is 1. The van der Waals surface area contributed by atoms with Crippen molar-refractivity contribution in [2.75, 3.05) is 6.54 Å². The van der Waals surface area contributed by atoms with Gasteiger partial charge in [0.15, 0.2) is 0 Å². The summed E-state index contributed by atoms with van der Waals surface area (Å²) in [5, 5.41) is 10.1. The molecule has 0 aliphatic rings. The molecule has 0 saturated heterocycles. The van der Waals surface area contributed by atoms with Gasteiger partial charge in [-0.2, -0.15) is 5.10 Å². The first kappa shape index (κ1) is 8.96. The molecule has 0 saturated carbocycles. The Balaban J connectivity index is 1.65. The molecule has 14 heavy (non-hydrogen) atoms. The first-order valence-electron chi connectivity index (χ1n) is 4.61. The summed E-state index contributed by atoms with van der Waals surface area (Å²) in [4.78, 5) is 7.01. The molecule has 2 rings (SSSR count). The van der Waals surface area contributed by atoms with Crippen molar-refractivity contribution in [3.8, 4) is 0 Å². The van der Waals surface area contributed by atoms with Gasteiger partial charge in [0.05, 0.1) is 6.33 Å². The molecule has 0 aliphatic heterocycles. The second-order valence-electron chi connectivity index (χ2n) is 3.09. The van der Waals surface area contributed by atoms with Crippen LogP contribution in [-0.2, 0) is 13.0 Å². The van der Waals surface area contributed by atoms with Crippen molar-refractivity contribution in [1.29, 1.82) is 0 Å². The van der Waals surface area contributed by atoms with E-state index < -0.39 is 0 Å². The molecule has 0 spiro atoms. The molecule has 0 radical (unpaired) electrons. The SMILES string of the molecule is c1cc(CNCCc2cnc[nH]2)[nH]n1. The van der Waals surface area contributed by atoms with E-state index in [4.69, 9.17) is 0 Å². The molecule has 0 atom stereocenters. The largest absolute Gasteiger partial charge is 0.348 e. The fraction of sp³-hybridized carbons (Fsp3) is 0.333. The minimum atomic E-state index is 0.828. The lowest BCUT2D eigenvalue weighted by Crippen LogP contribution is -2.17. The van der Waals surface area contributed by atoms with Crippen LogP contribution in [0.3, 0.4) is 0 Å². The number of aromatic amines is 2. The lowest BCUT2D eigenvalue weighted by atomic mass is 10.3. The first-order valence-corrected chi connectivity index (χ1v) is 4.61. The molecule has 0 aliphatic carbocycles. The van der Waals surface area contributed by atoms with Crippen LogP contribution in [0.15, 0.2) is 24.8 Å². The molecule has 2 aromatic rings. The maximum Gasteiger partial charge on any atom is 0.0921 e. The normalized spacial score (nSPS) is 10.6. The third-order valence-electron chi connectivity index (χ3n) is 2.00. The summed E-state index contributed by atoms with van der Waals surface area (Å²) in [5.41, 5.74) is 2.26. The van der Waals surface area contributed by atoms with Crippen LogP contribution in [-0.4, -0.2) is 26.7 Å². The smallest absolute Gasteiger partial charge is 0.0921 e. The number of hydrogen-bond donors (Lipinski definition) is 3. The van der Waals surface area contributed by atoms with Gasteiger partial charge in [0.2, 0.25) is 0 Å². The van der Waals surface area contributed by atoms with E-state index >= 15 is 0 Å². The minimum Gasteiger partial charge on any atom is -0.348 e. The number of hydrogen-bond acceptors (Lipinski definition) is 3. The predicted octanol–water partition coefficient (Wildman–Crippen LogP) is 0.465. The maximum absolute atomic E-state index is 3.95. The van der Waals surface area contributed by atoms with Crippen LogP contribution >= 0.6 is 0 Å². The second-order valence-corrected chi connectivity index (χ2v) is 3.09. The van der Waals surface area contributed by atoms with Crippen molar-refractivity contribution in [2.24, 2.45) is 0 Å². The van der Waals surface area contributed by atoms with E-state index in [0.29, 0.717) is 0 Å².